The van der Waals surface area contributed by atoms with Gasteiger partial charge in [-0.05, 0) is 17.7 Å². The monoisotopic (exact) mass is 242 g/mol. The molecule has 0 N–H and O–H groups in total. The molecule has 2 heteroatoms. The average molecular weight is 242 g/mol. The van der Waals surface area contributed by atoms with Crippen molar-refractivity contribution >= 4 is 11.8 Å². The van der Waals surface area contributed by atoms with E-state index in [0.29, 0.717) is 12.2 Å². The van der Waals surface area contributed by atoms with E-state index < -0.39 is 0 Å². The summed E-state index contributed by atoms with van der Waals surface area (Å²) in [5.74, 6) is 1.03. The Morgan fingerprint density at radius 3 is 2.24 bits per heavy atom. The van der Waals surface area contributed by atoms with Crippen molar-refractivity contribution in [1.82, 2.24) is 0 Å². The van der Waals surface area contributed by atoms with Crippen molar-refractivity contribution < 1.29 is 4.74 Å². The number of rotatable bonds is 4. The molecule has 3 rings (SSSR count). The predicted octanol–water partition coefficient (Wildman–Crippen LogP) is 3.92. The van der Waals surface area contributed by atoms with Crippen LogP contribution in [0.4, 0.5) is 0 Å². The molecule has 0 aromatic heterocycles. The van der Waals surface area contributed by atoms with E-state index in [2.05, 4.69) is 48.5 Å². The second-order valence-corrected chi connectivity index (χ2v) is 5.22. The van der Waals surface area contributed by atoms with Gasteiger partial charge < -0.3 is 4.74 Å². The number of thioether (sulfide) groups is 1. The lowest BCUT2D eigenvalue weighted by molar-refractivity contribution is 0.385. The number of benzene rings is 2. The zero-order valence-electron chi connectivity index (χ0n) is 9.45. The first kappa shape index (κ1) is 10.9. The molecule has 0 radical (unpaired) electrons. The highest BCUT2D eigenvalue weighted by Gasteiger charge is 2.39. The molecule has 0 amide bonds. The minimum absolute atomic E-state index is 0.312. The third kappa shape index (κ3) is 2.71. The Morgan fingerprint density at radius 1 is 0.882 bits per heavy atom. The molecule has 0 saturated carbocycles. The third-order valence-corrected chi connectivity index (χ3v) is 3.97. The Kier molecular flexibility index (Phi) is 3.16. The van der Waals surface area contributed by atoms with Crippen LogP contribution in [0.25, 0.3) is 0 Å². The molecule has 0 bridgehead atoms. The summed E-state index contributed by atoms with van der Waals surface area (Å²) in [6.07, 6.45) is 0.690. The van der Waals surface area contributed by atoms with Crippen LogP contribution in [-0.4, -0.2) is 11.9 Å². The van der Waals surface area contributed by atoms with Crippen molar-refractivity contribution in [2.45, 2.75) is 17.1 Å². The molecular weight excluding hydrogens is 228 g/mol. The highest BCUT2D eigenvalue weighted by molar-refractivity contribution is 7.99. The van der Waals surface area contributed by atoms with Crippen LogP contribution in [0.2, 0.25) is 0 Å². The Hall–Kier alpha value is -1.25. The first-order valence-corrected chi connectivity index (χ1v) is 6.80. The predicted molar refractivity (Wildman–Crippen MR) is 71.2 cm³/mol. The summed E-state index contributed by atoms with van der Waals surface area (Å²) >= 11 is 1.86. The van der Waals surface area contributed by atoms with Crippen LogP contribution in [0.1, 0.15) is 11.7 Å². The molecule has 0 spiro atoms. The smallest absolute Gasteiger partial charge is 0.110 e. The lowest BCUT2D eigenvalue weighted by Crippen LogP contribution is -1.92. The third-order valence-electron chi connectivity index (χ3n) is 2.87. The summed E-state index contributed by atoms with van der Waals surface area (Å²) in [5.41, 5.74) is 1.30. The second-order valence-electron chi connectivity index (χ2n) is 4.13. The number of ether oxygens (including phenoxy) is 1. The molecule has 17 heavy (non-hydrogen) atoms. The molecule has 2 atom stereocenters. The van der Waals surface area contributed by atoms with Crippen molar-refractivity contribution in [2.75, 3.05) is 5.75 Å². The van der Waals surface area contributed by atoms with Crippen LogP contribution in [0.5, 0.6) is 0 Å². The fraction of sp³-hybridized carbons (Fsp3) is 0.200. The van der Waals surface area contributed by atoms with E-state index in [0.717, 1.165) is 5.75 Å². The standard InChI is InChI=1S/C15H14OS/c1-3-7-12(8-4-1)15-14(16-15)11-17-13-9-5-2-6-10-13/h1-10,14-15H,11H2/t14-,15+/m0/s1. The summed E-state index contributed by atoms with van der Waals surface area (Å²) in [7, 11) is 0. The lowest BCUT2D eigenvalue weighted by atomic mass is 10.1. The maximum Gasteiger partial charge on any atom is 0.110 e. The molecule has 2 aromatic carbocycles. The van der Waals surface area contributed by atoms with Crippen molar-refractivity contribution in [2.24, 2.45) is 0 Å². The molecule has 1 nitrogen and oxygen atoms in total. The van der Waals surface area contributed by atoms with Crippen LogP contribution in [0.15, 0.2) is 65.6 Å². The molecule has 1 fully saturated rings. The average Bonchev–Trinajstić information content (AvgIpc) is 3.18. The van der Waals surface area contributed by atoms with Crippen molar-refractivity contribution in [1.29, 1.82) is 0 Å². The zero-order valence-corrected chi connectivity index (χ0v) is 10.3. The molecule has 1 heterocycles. The van der Waals surface area contributed by atoms with Gasteiger partial charge in [-0.25, -0.2) is 0 Å². The van der Waals surface area contributed by atoms with Gasteiger partial charge in [0.1, 0.15) is 6.10 Å². The molecule has 2 aromatic rings. The fourth-order valence-corrected chi connectivity index (χ4v) is 2.86. The van der Waals surface area contributed by atoms with E-state index in [4.69, 9.17) is 4.74 Å². The molecule has 1 aliphatic heterocycles. The van der Waals surface area contributed by atoms with Gasteiger partial charge in [0.05, 0.1) is 6.10 Å². The van der Waals surface area contributed by atoms with Gasteiger partial charge in [-0.1, -0.05) is 48.5 Å². The summed E-state index contributed by atoms with van der Waals surface area (Å²) in [6.45, 7) is 0. The first-order valence-electron chi connectivity index (χ1n) is 5.82. The zero-order chi connectivity index (χ0) is 11.5. The largest absolute Gasteiger partial charge is 0.364 e. The Morgan fingerprint density at radius 2 is 1.53 bits per heavy atom. The van der Waals surface area contributed by atoms with Gasteiger partial charge in [-0.3, -0.25) is 0 Å². The summed E-state index contributed by atoms with van der Waals surface area (Å²) in [6, 6.07) is 20.9. The van der Waals surface area contributed by atoms with Gasteiger partial charge >= 0.3 is 0 Å². The Balaban J connectivity index is 1.53. The maximum atomic E-state index is 5.70. The summed E-state index contributed by atoms with van der Waals surface area (Å²) < 4.78 is 5.70. The molecule has 0 aliphatic carbocycles. The quantitative estimate of drug-likeness (QED) is 0.595. The van der Waals surface area contributed by atoms with Gasteiger partial charge in [0, 0.05) is 10.6 Å². The molecule has 86 valence electrons. The van der Waals surface area contributed by atoms with E-state index >= 15 is 0 Å². The summed E-state index contributed by atoms with van der Waals surface area (Å²) in [4.78, 5) is 1.31. The van der Waals surface area contributed by atoms with E-state index in [-0.39, 0.29) is 0 Å². The normalized spacial score (nSPS) is 22.4. The van der Waals surface area contributed by atoms with E-state index in [1.807, 2.05) is 23.9 Å². The highest BCUT2D eigenvalue weighted by atomic mass is 32.2. The Bertz CT molecular complexity index is 469. The molecule has 0 unspecified atom stereocenters. The minimum Gasteiger partial charge on any atom is -0.364 e. The van der Waals surface area contributed by atoms with Crippen LogP contribution in [0, 0.1) is 0 Å². The number of hydrogen-bond donors (Lipinski definition) is 0. The molecular formula is C15H14OS. The SMILES string of the molecule is c1ccc(SC[C@@H]2O[C@@H]2c2ccccc2)cc1. The molecule has 1 saturated heterocycles. The van der Waals surface area contributed by atoms with Crippen molar-refractivity contribution in [3.8, 4) is 0 Å². The van der Waals surface area contributed by atoms with Gasteiger partial charge in [0.15, 0.2) is 0 Å². The number of epoxide rings is 1. The van der Waals surface area contributed by atoms with Gasteiger partial charge in [0.25, 0.3) is 0 Å². The van der Waals surface area contributed by atoms with Crippen LogP contribution in [-0.2, 0) is 4.74 Å². The van der Waals surface area contributed by atoms with Crippen LogP contribution >= 0.6 is 11.8 Å². The highest BCUT2D eigenvalue weighted by Crippen LogP contribution is 2.41. The van der Waals surface area contributed by atoms with E-state index in [1.165, 1.54) is 10.5 Å². The van der Waals surface area contributed by atoms with Crippen molar-refractivity contribution in [3.63, 3.8) is 0 Å². The second kappa shape index (κ2) is 4.94. The maximum absolute atomic E-state index is 5.70. The van der Waals surface area contributed by atoms with E-state index in [1.54, 1.807) is 0 Å². The van der Waals surface area contributed by atoms with Gasteiger partial charge in [-0.2, -0.15) is 0 Å². The Labute approximate surface area is 106 Å². The molecule has 1 aliphatic rings. The van der Waals surface area contributed by atoms with Crippen LogP contribution < -0.4 is 0 Å². The topological polar surface area (TPSA) is 12.5 Å². The lowest BCUT2D eigenvalue weighted by Gasteiger charge is -1.98. The van der Waals surface area contributed by atoms with Crippen LogP contribution in [0.3, 0.4) is 0 Å². The van der Waals surface area contributed by atoms with Crippen molar-refractivity contribution in [3.05, 3.63) is 66.2 Å². The number of hydrogen-bond acceptors (Lipinski definition) is 2. The minimum atomic E-state index is 0.312. The fourth-order valence-electron chi connectivity index (χ4n) is 1.90. The van der Waals surface area contributed by atoms with E-state index in [9.17, 15) is 0 Å². The summed E-state index contributed by atoms with van der Waals surface area (Å²) in [5, 5.41) is 0. The first-order chi connectivity index (χ1) is 8.43. The van der Waals surface area contributed by atoms with Gasteiger partial charge in [-0.15, -0.1) is 11.8 Å². The van der Waals surface area contributed by atoms with Gasteiger partial charge in [0.2, 0.25) is 0 Å².